The molecule has 0 radical (unpaired) electrons. The number of hydrogen-bond acceptors (Lipinski definition) is 8. The van der Waals surface area contributed by atoms with Crippen LogP contribution in [0.4, 0.5) is 11.4 Å². The largest absolute Gasteiger partial charge is 0.482 e. The van der Waals surface area contributed by atoms with Gasteiger partial charge in [0.2, 0.25) is 0 Å². The molecule has 0 bridgehead atoms. The lowest BCUT2D eigenvalue weighted by atomic mass is 9.96. The molecule has 1 aliphatic carbocycles. The van der Waals surface area contributed by atoms with Crippen LogP contribution < -0.4 is 9.64 Å². The van der Waals surface area contributed by atoms with E-state index in [0.717, 1.165) is 48.1 Å². The Morgan fingerprint density at radius 1 is 0.972 bits per heavy atom. The fourth-order valence-electron chi connectivity index (χ4n) is 4.75. The normalized spacial score (nSPS) is 15.4. The average Bonchev–Trinajstić information content (AvgIpc) is 3.28. The van der Waals surface area contributed by atoms with Crippen LogP contribution in [0.3, 0.4) is 0 Å². The number of carbonyl (C=O) groups excluding carboxylic acids is 2. The molecule has 0 atom stereocenters. The highest BCUT2D eigenvalue weighted by Crippen LogP contribution is 2.34. The summed E-state index contributed by atoms with van der Waals surface area (Å²) in [5, 5.41) is 11.8. The van der Waals surface area contributed by atoms with Crippen molar-refractivity contribution in [2.24, 2.45) is 0 Å². The molecule has 2 heterocycles. The zero-order valence-electron chi connectivity index (χ0n) is 19.8. The van der Waals surface area contributed by atoms with Crippen LogP contribution in [-0.2, 0) is 27.2 Å². The van der Waals surface area contributed by atoms with Crippen molar-refractivity contribution >= 4 is 34.2 Å². The first kappa shape index (κ1) is 23.7. The van der Waals surface area contributed by atoms with Crippen molar-refractivity contribution in [2.75, 3.05) is 44.3 Å². The van der Waals surface area contributed by atoms with E-state index >= 15 is 0 Å². The third-order valence-electron chi connectivity index (χ3n) is 6.70. The molecular weight excluding hydrogens is 466 g/mol. The van der Waals surface area contributed by atoms with Crippen LogP contribution in [-0.4, -0.2) is 61.1 Å². The van der Waals surface area contributed by atoms with E-state index in [0.29, 0.717) is 31.9 Å². The lowest BCUT2D eigenvalue weighted by Crippen LogP contribution is -2.50. The van der Waals surface area contributed by atoms with E-state index in [1.807, 2.05) is 12.1 Å². The highest BCUT2D eigenvalue weighted by Gasteiger charge is 2.23. The minimum Gasteiger partial charge on any atom is -0.482 e. The van der Waals surface area contributed by atoms with Gasteiger partial charge in [-0.25, -0.2) is 4.79 Å². The monoisotopic (exact) mass is 493 g/mol. The first-order valence-electron chi connectivity index (χ1n) is 12.1. The lowest BCUT2D eigenvalue weighted by molar-refractivity contribution is -0.384. The number of nitro groups is 1. The predicted octanol–water partition coefficient (Wildman–Crippen LogP) is 3.49. The molecule has 2 aromatic carbocycles. The van der Waals surface area contributed by atoms with Crippen molar-refractivity contribution < 1.29 is 28.4 Å². The van der Waals surface area contributed by atoms with Gasteiger partial charge in [-0.15, -0.1) is 0 Å². The maximum absolute atomic E-state index is 12.5. The summed E-state index contributed by atoms with van der Waals surface area (Å²) in [6.07, 6.45) is 4.21. The molecule has 0 unspecified atom stereocenters. The summed E-state index contributed by atoms with van der Waals surface area (Å²) in [5.74, 6) is 0.725. The van der Waals surface area contributed by atoms with Gasteiger partial charge in [0.15, 0.2) is 13.2 Å². The molecule has 1 aliphatic heterocycles. The highest BCUT2D eigenvalue weighted by atomic mass is 16.6. The molecule has 3 aromatic rings. The molecule has 10 heteroatoms. The summed E-state index contributed by atoms with van der Waals surface area (Å²) >= 11 is 0. The molecule has 188 valence electrons. The maximum Gasteiger partial charge on any atom is 0.344 e. The van der Waals surface area contributed by atoms with Gasteiger partial charge in [0.25, 0.3) is 11.6 Å². The Kier molecular flexibility index (Phi) is 6.75. The smallest absolute Gasteiger partial charge is 0.344 e. The van der Waals surface area contributed by atoms with Crippen molar-refractivity contribution in [2.45, 2.75) is 25.7 Å². The van der Waals surface area contributed by atoms with Crippen LogP contribution >= 0.6 is 0 Å². The molecule has 10 nitrogen and oxygen atoms in total. The Balaban J connectivity index is 1.06. The van der Waals surface area contributed by atoms with E-state index in [1.54, 1.807) is 23.1 Å². The molecule has 5 rings (SSSR count). The Labute approximate surface area is 207 Å². The van der Waals surface area contributed by atoms with Crippen LogP contribution in [0, 0.1) is 10.1 Å². The number of esters is 1. The minimum absolute atomic E-state index is 0.0410. The molecular formula is C26H27N3O7. The third-order valence-corrected chi connectivity index (χ3v) is 6.70. The van der Waals surface area contributed by atoms with Gasteiger partial charge in [-0.05, 0) is 49.6 Å². The number of amides is 1. The Bertz CT molecular complexity index is 1280. The van der Waals surface area contributed by atoms with Gasteiger partial charge in [-0.2, -0.15) is 0 Å². The molecule has 1 amide bonds. The number of ether oxygens (including phenoxy) is 2. The summed E-state index contributed by atoms with van der Waals surface area (Å²) < 4.78 is 16.7. The van der Waals surface area contributed by atoms with Crippen LogP contribution in [0.2, 0.25) is 0 Å². The standard InChI is InChI=1S/C26H27N3O7/c30-25(28-13-11-27(12-14-28)18-5-7-19(8-6-18)29(32)33)16-35-26(31)17-34-20-9-10-24-22(15-20)21-3-1-2-4-23(21)36-24/h5-10,15H,1-4,11-14,16-17H2. The Hall–Kier alpha value is -4.08. The minimum atomic E-state index is -0.609. The number of furan rings is 1. The van der Waals surface area contributed by atoms with E-state index in [-0.39, 0.29) is 24.8 Å². The topological polar surface area (TPSA) is 115 Å². The Morgan fingerprint density at radius 3 is 2.47 bits per heavy atom. The molecule has 1 saturated heterocycles. The molecule has 36 heavy (non-hydrogen) atoms. The molecule has 1 aromatic heterocycles. The third kappa shape index (κ3) is 5.12. The zero-order valence-corrected chi connectivity index (χ0v) is 19.8. The van der Waals surface area contributed by atoms with Crippen molar-refractivity contribution in [1.29, 1.82) is 0 Å². The zero-order chi connectivity index (χ0) is 25.1. The van der Waals surface area contributed by atoms with Crippen molar-refractivity contribution in [3.8, 4) is 5.75 Å². The molecule has 0 N–H and O–H groups in total. The number of fused-ring (bicyclic) bond motifs is 3. The molecule has 1 fully saturated rings. The lowest BCUT2D eigenvalue weighted by Gasteiger charge is -2.36. The van der Waals surface area contributed by atoms with Gasteiger partial charge in [0, 0.05) is 61.4 Å². The second-order valence-electron chi connectivity index (χ2n) is 8.96. The van der Waals surface area contributed by atoms with E-state index < -0.39 is 10.9 Å². The summed E-state index contributed by atoms with van der Waals surface area (Å²) in [7, 11) is 0. The fourth-order valence-corrected chi connectivity index (χ4v) is 4.75. The Morgan fingerprint density at radius 2 is 1.72 bits per heavy atom. The second kappa shape index (κ2) is 10.3. The van der Waals surface area contributed by atoms with E-state index in [1.165, 1.54) is 17.7 Å². The van der Waals surface area contributed by atoms with E-state index in [9.17, 15) is 19.7 Å². The fraction of sp³-hybridized carbons (Fsp3) is 0.385. The average molecular weight is 494 g/mol. The summed E-state index contributed by atoms with van der Waals surface area (Å²) in [4.78, 5) is 38.7. The van der Waals surface area contributed by atoms with Crippen LogP contribution in [0.1, 0.15) is 24.2 Å². The van der Waals surface area contributed by atoms with Crippen molar-refractivity contribution in [1.82, 2.24) is 4.90 Å². The highest BCUT2D eigenvalue weighted by molar-refractivity contribution is 5.84. The van der Waals surface area contributed by atoms with Crippen molar-refractivity contribution in [3.05, 3.63) is 63.9 Å². The second-order valence-corrected chi connectivity index (χ2v) is 8.96. The SMILES string of the molecule is O=C(COc1ccc2oc3c(c2c1)CCCC3)OCC(=O)N1CCN(c2ccc([N+](=O)[O-])cc2)CC1. The molecule has 2 aliphatic rings. The molecule has 0 saturated carbocycles. The van der Waals surface area contributed by atoms with Crippen LogP contribution in [0.25, 0.3) is 11.0 Å². The summed E-state index contributed by atoms with van der Waals surface area (Å²) in [6.45, 7) is 1.49. The van der Waals surface area contributed by atoms with Gasteiger partial charge in [-0.1, -0.05) is 0 Å². The van der Waals surface area contributed by atoms with Gasteiger partial charge in [0.1, 0.15) is 17.1 Å². The van der Waals surface area contributed by atoms with Gasteiger partial charge in [-0.3, -0.25) is 14.9 Å². The maximum atomic E-state index is 12.5. The number of aryl methyl sites for hydroxylation is 2. The summed E-state index contributed by atoms with van der Waals surface area (Å²) in [6, 6.07) is 11.9. The van der Waals surface area contributed by atoms with Crippen LogP contribution in [0.5, 0.6) is 5.75 Å². The number of rotatable bonds is 7. The number of carbonyl (C=O) groups is 2. The van der Waals surface area contributed by atoms with Crippen LogP contribution in [0.15, 0.2) is 46.9 Å². The van der Waals surface area contributed by atoms with Crippen molar-refractivity contribution in [3.63, 3.8) is 0 Å². The van der Waals surface area contributed by atoms with Gasteiger partial charge >= 0.3 is 5.97 Å². The predicted molar refractivity (Wildman–Crippen MR) is 131 cm³/mol. The van der Waals surface area contributed by atoms with E-state index in [4.69, 9.17) is 13.9 Å². The first-order valence-corrected chi connectivity index (χ1v) is 12.1. The quantitative estimate of drug-likeness (QED) is 0.279. The number of hydrogen-bond donors (Lipinski definition) is 0. The van der Waals surface area contributed by atoms with Gasteiger partial charge < -0.3 is 23.7 Å². The number of anilines is 1. The number of benzene rings is 2. The van der Waals surface area contributed by atoms with Gasteiger partial charge in [0.05, 0.1) is 4.92 Å². The number of non-ortho nitro benzene ring substituents is 1. The summed E-state index contributed by atoms with van der Waals surface area (Å²) in [5.41, 5.74) is 2.96. The number of nitro benzene ring substituents is 1. The number of piperazine rings is 1. The number of nitrogens with zero attached hydrogens (tertiary/aromatic N) is 3. The first-order chi connectivity index (χ1) is 17.5. The van der Waals surface area contributed by atoms with E-state index in [2.05, 4.69) is 4.90 Å². The molecule has 0 spiro atoms.